The molecule has 1 heterocycles. The molecule has 1 N–H and O–H groups in total. The molecule has 0 atom stereocenters. The number of unbranched alkanes of at least 4 members (excludes halogenated alkanes) is 6. The van der Waals surface area contributed by atoms with Crippen molar-refractivity contribution < 1.29 is 4.79 Å². The predicted molar refractivity (Wildman–Crippen MR) is 80.2 cm³/mol. The molecule has 0 bridgehead atoms. The van der Waals surface area contributed by atoms with Crippen molar-refractivity contribution in [1.29, 1.82) is 0 Å². The first-order valence-corrected chi connectivity index (χ1v) is 7.46. The number of pyridine rings is 1. The minimum Gasteiger partial charge on any atom is -0.311 e. The summed E-state index contributed by atoms with van der Waals surface area (Å²) in [5.41, 5.74) is 0.925. The molecule has 0 aliphatic heterocycles. The molecule has 0 saturated heterocycles. The molecule has 0 aromatic carbocycles. The van der Waals surface area contributed by atoms with E-state index in [4.69, 9.17) is 0 Å². The highest BCUT2D eigenvalue weighted by Crippen LogP contribution is 2.10. The SMILES string of the molecule is CCCCCCCCCC(=O)Nc1cccc(C)n1. The first kappa shape index (κ1) is 15.7. The second-order valence-corrected chi connectivity index (χ2v) is 5.08. The molecular weight excluding hydrogens is 236 g/mol. The number of hydrogen-bond donors (Lipinski definition) is 1. The fraction of sp³-hybridized carbons (Fsp3) is 0.625. The zero-order valence-electron chi connectivity index (χ0n) is 12.2. The number of anilines is 1. The highest BCUT2D eigenvalue weighted by atomic mass is 16.1. The molecule has 3 heteroatoms. The minimum absolute atomic E-state index is 0.0756. The van der Waals surface area contributed by atoms with Gasteiger partial charge in [0.2, 0.25) is 5.91 Å². The van der Waals surface area contributed by atoms with Gasteiger partial charge < -0.3 is 5.32 Å². The van der Waals surface area contributed by atoms with Crippen molar-refractivity contribution >= 4 is 11.7 Å². The van der Waals surface area contributed by atoms with Gasteiger partial charge in [-0.2, -0.15) is 0 Å². The van der Waals surface area contributed by atoms with Gasteiger partial charge in [-0.05, 0) is 25.5 Å². The Kier molecular flexibility index (Phi) is 7.87. The number of nitrogens with zero attached hydrogens (tertiary/aromatic N) is 1. The third-order valence-electron chi connectivity index (χ3n) is 3.16. The number of aromatic nitrogens is 1. The van der Waals surface area contributed by atoms with Crippen molar-refractivity contribution in [3.63, 3.8) is 0 Å². The topological polar surface area (TPSA) is 42.0 Å². The molecule has 3 nitrogen and oxygen atoms in total. The van der Waals surface area contributed by atoms with Crippen LogP contribution in [0.15, 0.2) is 18.2 Å². The summed E-state index contributed by atoms with van der Waals surface area (Å²) in [6, 6.07) is 5.66. The van der Waals surface area contributed by atoms with Crippen molar-refractivity contribution in [2.24, 2.45) is 0 Å². The van der Waals surface area contributed by atoms with Crippen LogP contribution in [0.5, 0.6) is 0 Å². The van der Waals surface area contributed by atoms with Gasteiger partial charge in [0, 0.05) is 12.1 Å². The van der Waals surface area contributed by atoms with E-state index in [2.05, 4.69) is 17.2 Å². The van der Waals surface area contributed by atoms with Crippen LogP contribution >= 0.6 is 0 Å². The minimum atomic E-state index is 0.0756. The lowest BCUT2D eigenvalue weighted by Crippen LogP contribution is -2.12. The third kappa shape index (κ3) is 7.60. The molecule has 0 spiro atoms. The molecule has 0 radical (unpaired) electrons. The van der Waals surface area contributed by atoms with E-state index < -0.39 is 0 Å². The van der Waals surface area contributed by atoms with Gasteiger partial charge in [-0.15, -0.1) is 0 Å². The van der Waals surface area contributed by atoms with Gasteiger partial charge in [-0.3, -0.25) is 4.79 Å². The number of hydrogen-bond acceptors (Lipinski definition) is 2. The third-order valence-corrected chi connectivity index (χ3v) is 3.16. The Morgan fingerprint density at radius 2 is 1.79 bits per heavy atom. The molecule has 1 rings (SSSR count). The number of carbonyl (C=O) groups is 1. The Morgan fingerprint density at radius 1 is 1.11 bits per heavy atom. The molecule has 1 amide bonds. The summed E-state index contributed by atoms with van der Waals surface area (Å²) in [6.45, 7) is 4.15. The summed E-state index contributed by atoms with van der Waals surface area (Å²) in [6.07, 6.45) is 9.22. The predicted octanol–water partition coefficient (Wildman–Crippen LogP) is 4.47. The Morgan fingerprint density at radius 3 is 2.47 bits per heavy atom. The maximum Gasteiger partial charge on any atom is 0.225 e. The van der Waals surface area contributed by atoms with Crippen molar-refractivity contribution in [3.8, 4) is 0 Å². The van der Waals surface area contributed by atoms with Crippen LogP contribution in [-0.4, -0.2) is 10.9 Å². The average Bonchev–Trinajstić information content (AvgIpc) is 2.37. The van der Waals surface area contributed by atoms with Gasteiger partial charge in [-0.1, -0.05) is 51.5 Å². The summed E-state index contributed by atoms with van der Waals surface area (Å²) >= 11 is 0. The number of carbonyl (C=O) groups excluding carboxylic acids is 1. The van der Waals surface area contributed by atoms with Gasteiger partial charge >= 0.3 is 0 Å². The zero-order chi connectivity index (χ0) is 13.9. The van der Waals surface area contributed by atoms with Crippen molar-refractivity contribution in [2.45, 2.75) is 65.2 Å². The lowest BCUT2D eigenvalue weighted by molar-refractivity contribution is -0.116. The van der Waals surface area contributed by atoms with Crippen molar-refractivity contribution in [1.82, 2.24) is 4.98 Å². The monoisotopic (exact) mass is 262 g/mol. The van der Waals surface area contributed by atoms with Gasteiger partial charge in [0.05, 0.1) is 0 Å². The molecule has 0 fully saturated rings. The van der Waals surface area contributed by atoms with Crippen LogP contribution in [0.25, 0.3) is 0 Å². The number of rotatable bonds is 9. The Hall–Kier alpha value is -1.38. The summed E-state index contributed by atoms with van der Waals surface area (Å²) in [5.74, 6) is 0.736. The van der Waals surface area contributed by atoms with E-state index in [0.717, 1.165) is 18.5 Å². The van der Waals surface area contributed by atoms with Crippen LogP contribution in [0.2, 0.25) is 0 Å². The van der Waals surface area contributed by atoms with E-state index in [0.29, 0.717) is 12.2 Å². The van der Waals surface area contributed by atoms with Crippen LogP contribution in [0.1, 0.15) is 64.0 Å². The number of nitrogens with one attached hydrogen (secondary N) is 1. The lowest BCUT2D eigenvalue weighted by Gasteiger charge is -2.05. The maximum absolute atomic E-state index is 11.7. The summed E-state index contributed by atoms with van der Waals surface area (Å²) in [7, 11) is 0. The second-order valence-electron chi connectivity index (χ2n) is 5.08. The molecule has 0 aliphatic rings. The van der Waals surface area contributed by atoms with Gasteiger partial charge in [0.1, 0.15) is 5.82 Å². The number of amides is 1. The average molecular weight is 262 g/mol. The highest BCUT2D eigenvalue weighted by molar-refractivity contribution is 5.89. The highest BCUT2D eigenvalue weighted by Gasteiger charge is 2.03. The largest absolute Gasteiger partial charge is 0.311 e. The maximum atomic E-state index is 11.7. The van der Waals surface area contributed by atoms with E-state index in [1.165, 1.54) is 32.1 Å². The summed E-state index contributed by atoms with van der Waals surface area (Å²) in [5, 5.41) is 2.84. The first-order chi connectivity index (χ1) is 9.22. The van der Waals surface area contributed by atoms with Gasteiger partial charge in [0.15, 0.2) is 0 Å². The van der Waals surface area contributed by atoms with Gasteiger partial charge in [0.25, 0.3) is 0 Å². The lowest BCUT2D eigenvalue weighted by atomic mass is 10.1. The Labute approximate surface area is 116 Å². The van der Waals surface area contributed by atoms with Crippen LogP contribution < -0.4 is 5.32 Å². The fourth-order valence-electron chi connectivity index (χ4n) is 2.06. The second kappa shape index (κ2) is 9.54. The standard InChI is InChI=1S/C16H26N2O/c1-3-4-5-6-7-8-9-13-16(19)18-15-12-10-11-14(2)17-15/h10-12H,3-9,13H2,1-2H3,(H,17,18,19). The zero-order valence-corrected chi connectivity index (χ0v) is 12.2. The van der Waals surface area contributed by atoms with E-state index >= 15 is 0 Å². The van der Waals surface area contributed by atoms with Crippen molar-refractivity contribution in [2.75, 3.05) is 5.32 Å². The molecule has 1 aromatic rings. The van der Waals surface area contributed by atoms with Crippen LogP contribution in [-0.2, 0) is 4.79 Å². The molecule has 0 unspecified atom stereocenters. The molecule has 19 heavy (non-hydrogen) atoms. The van der Waals surface area contributed by atoms with E-state index in [1.807, 2.05) is 25.1 Å². The fourth-order valence-corrected chi connectivity index (χ4v) is 2.06. The van der Waals surface area contributed by atoms with Crippen LogP contribution in [0, 0.1) is 6.92 Å². The molecule has 106 valence electrons. The molecule has 0 saturated carbocycles. The normalized spacial score (nSPS) is 10.4. The molecule has 0 aliphatic carbocycles. The van der Waals surface area contributed by atoms with Crippen molar-refractivity contribution in [3.05, 3.63) is 23.9 Å². The van der Waals surface area contributed by atoms with E-state index in [-0.39, 0.29) is 5.91 Å². The Balaban J connectivity index is 2.08. The van der Waals surface area contributed by atoms with Crippen LogP contribution in [0.4, 0.5) is 5.82 Å². The Bertz CT molecular complexity index is 377. The quantitative estimate of drug-likeness (QED) is 0.667. The van der Waals surface area contributed by atoms with Gasteiger partial charge in [-0.25, -0.2) is 4.98 Å². The molecule has 1 aromatic heterocycles. The first-order valence-electron chi connectivity index (χ1n) is 7.46. The summed E-state index contributed by atoms with van der Waals surface area (Å²) < 4.78 is 0. The number of aryl methyl sites for hydroxylation is 1. The van der Waals surface area contributed by atoms with E-state index in [9.17, 15) is 4.79 Å². The van der Waals surface area contributed by atoms with Crippen LogP contribution in [0.3, 0.4) is 0 Å². The smallest absolute Gasteiger partial charge is 0.225 e. The summed E-state index contributed by atoms with van der Waals surface area (Å²) in [4.78, 5) is 16.0. The van der Waals surface area contributed by atoms with E-state index in [1.54, 1.807) is 0 Å². The molecular formula is C16H26N2O.